The highest BCUT2D eigenvalue weighted by Crippen LogP contribution is 2.23. The minimum atomic E-state index is -3.61. The lowest BCUT2D eigenvalue weighted by Crippen LogP contribution is -2.48. The van der Waals surface area contributed by atoms with Gasteiger partial charge in [0.1, 0.15) is 11.3 Å². The van der Waals surface area contributed by atoms with Gasteiger partial charge in [0.25, 0.3) is 5.91 Å². The highest BCUT2D eigenvalue weighted by molar-refractivity contribution is 7.89. The van der Waals surface area contributed by atoms with Crippen molar-refractivity contribution in [2.75, 3.05) is 38.0 Å². The first kappa shape index (κ1) is 23.2. The van der Waals surface area contributed by atoms with E-state index in [0.717, 1.165) is 12.6 Å². The van der Waals surface area contributed by atoms with E-state index in [9.17, 15) is 17.6 Å². The summed E-state index contributed by atoms with van der Waals surface area (Å²) in [6.45, 7) is 8.79. The number of carbonyl (C=O) groups is 1. The molecule has 1 saturated heterocycles. The van der Waals surface area contributed by atoms with Gasteiger partial charge in [-0.25, -0.2) is 22.8 Å². The Bertz CT molecular complexity index is 1300. The summed E-state index contributed by atoms with van der Waals surface area (Å²) in [7, 11) is -3.61. The van der Waals surface area contributed by atoms with Crippen LogP contribution < -0.4 is 5.32 Å². The normalized spacial score (nSPS) is 15.6. The SMILES string of the molecule is CCN1CCN(S(=O)(=O)c2ccc(NC(=O)c3cc(F)cc4nc(C)c(C)nc34)cc2)CC1. The third-order valence-electron chi connectivity index (χ3n) is 5.92. The largest absolute Gasteiger partial charge is 0.322 e. The number of piperazine rings is 1. The molecule has 0 bridgehead atoms. The fourth-order valence-corrected chi connectivity index (χ4v) is 5.24. The quantitative estimate of drug-likeness (QED) is 0.615. The predicted octanol–water partition coefficient (Wildman–Crippen LogP) is 2.96. The Labute approximate surface area is 192 Å². The number of rotatable bonds is 5. The summed E-state index contributed by atoms with van der Waals surface area (Å²) in [6, 6.07) is 8.34. The Morgan fingerprint density at radius 2 is 1.67 bits per heavy atom. The number of aromatic nitrogens is 2. The van der Waals surface area contributed by atoms with E-state index in [1.807, 2.05) is 0 Å². The highest BCUT2D eigenvalue weighted by atomic mass is 32.2. The lowest BCUT2D eigenvalue weighted by molar-refractivity contribution is 0.102. The lowest BCUT2D eigenvalue weighted by atomic mass is 10.1. The molecule has 0 aliphatic carbocycles. The molecule has 1 N–H and O–H groups in total. The van der Waals surface area contributed by atoms with Gasteiger partial charge in [-0.3, -0.25) is 4.79 Å². The van der Waals surface area contributed by atoms with Crippen molar-refractivity contribution in [2.24, 2.45) is 0 Å². The van der Waals surface area contributed by atoms with E-state index in [1.54, 1.807) is 13.8 Å². The Balaban J connectivity index is 1.54. The minimum absolute atomic E-state index is 0.0612. The summed E-state index contributed by atoms with van der Waals surface area (Å²) in [5.74, 6) is -1.14. The maximum absolute atomic E-state index is 14.1. The van der Waals surface area contributed by atoms with Gasteiger partial charge in [-0.15, -0.1) is 0 Å². The Hall–Kier alpha value is -2.95. The van der Waals surface area contributed by atoms with Crippen LogP contribution >= 0.6 is 0 Å². The van der Waals surface area contributed by atoms with E-state index in [-0.39, 0.29) is 10.5 Å². The molecule has 2 aromatic carbocycles. The first-order valence-corrected chi connectivity index (χ1v) is 12.2. The maximum Gasteiger partial charge on any atom is 0.258 e. The molecule has 1 fully saturated rings. The van der Waals surface area contributed by atoms with Gasteiger partial charge in [0, 0.05) is 37.9 Å². The number of aryl methyl sites for hydroxylation is 2. The number of anilines is 1. The molecule has 8 nitrogen and oxygen atoms in total. The maximum atomic E-state index is 14.1. The van der Waals surface area contributed by atoms with Crippen LogP contribution in [0.4, 0.5) is 10.1 Å². The fourth-order valence-electron chi connectivity index (χ4n) is 3.81. The molecule has 0 saturated carbocycles. The van der Waals surface area contributed by atoms with Crippen LogP contribution in [0.15, 0.2) is 41.3 Å². The van der Waals surface area contributed by atoms with E-state index in [2.05, 4.69) is 27.1 Å². The molecule has 0 spiro atoms. The van der Waals surface area contributed by atoms with Crippen LogP contribution in [0.25, 0.3) is 11.0 Å². The van der Waals surface area contributed by atoms with Crippen LogP contribution in [0.3, 0.4) is 0 Å². The molecular weight excluding hydrogens is 445 g/mol. The first-order valence-electron chi connectivity index (χ1n) is 10.8. The molecule has 2 heterocycles. The van der Waals surface area contributed by atoms with Crippen molar-refractivity contribution in [3.63, 3.8) is 0 Å². The average Bonchev–Trinajstić information content (AvgIpc) is 2.80. The zero-order valence-electron chi connectivity index (χ0n) is 18.8. The average molecular weight is 472 g/mol. The Morgan fingerprint density at radius 3 is 2.30 bits per heavy atom. The number of hydrogen-bond donors (Lipinski definition) is 1. The van der Waals surface area contributed by atoms with Crippen molar-refractivity contribution in [3.05, 3.63) is 59.2 Å². The van der Waals surface area contributed by atoms with Crippen LogP contribution in [0, 0.1) is 19.7 Å². The first-order chi connectivity index (χ1) is 15.7. The molecule has 1 aromatic heterocycles. The zero-order valence-corrected chi connectivity index (χ0v) is 19.6. The lowest BCUT2D eigenvalue weighted by Gasteiger charge is -2.33. The second kappa shape index (κ2) is 9.12. The molecule has 3 aromatic rings. The summed E-state index contributed by atoms with van der Waals surface area (Å²) in [5, 5.41) is 2.69. The van der Waals surface area contributed by atoms with Crippen molar-refractivity contribution < 1.29 is 17.6 Å². The van der Waals surface area contributed by atoms with Crippen molar-refractivity contribution in [3.8, 4) is 0 Å². The second-order valence-electron chi connectivity index (χ2n) is 8.03. The minimum Gasteiger partial charge on any atom is -0.322 e. The summed E-state index contributed by atoms with van der Waals surface area (Å²) in [6.07, 6.45) is 0. The zero-order chi connectivity index (χ0) is 23.8. The van der Waals surface area contributed by atoms with Gasteiger partial charge in [-0.05, 0) is 50.7 Å². The summed E-state index contributed by atoms with van der Waals surface area (Å²) in [4.78, 5) is 24.0. The van der Waals surface area contributed by atoms with Gasteiger partial charge in [-0.2, -0.15) is 4.31 Å². The van der Waals surface area contributed by atoms with Gasteiger partial charge in [-0.1, -0.05) is 6.92 Å². The number of halogens is 1. The molecular formula is C23H26FN5O3S. The predicted molar refractivity (Wildman–Crippen MR) is 124 cm³/mol. The molecule has 0 radical (unpaired) electrons. The summed E-state index contributed by atoms with van der Waals surface area (Å²) >= 11 is 0. The topological polar surface area (TPSA) is 95.5 Å². The van der Waals surface area contributed by atoms with E-state index < -0.39 is 21.7 Å². The molecule has 1 amide bonds. The van der Waals surface area contributed by atoms with Crippen LogP contribution in [-0.2, 0) is 10.0 Å². The van der Waals surface area contributed by atoms with Crippen molar-refractivity contribution in [2.45, 2.75) is 25.7 Å². The molecule has 0 unspecified atom stereocenters. The number of sulfonamides is 1. The van der Waals surface area contributed by atoms with E-state index >= 15 is 0 Å². The number of likely N-dealkylation sites (N-methyl/N-ethyl adjacent to an activating group) is 1. The number of benzene rings is 2. The highest BCUT2D eigenvalue weighted by Gasteiger charge is 2.28. The Kier molecular flexibility index (Phi) is 6.42. The van der Waals surface area contributed by atoms with E-state index in [0.29, 0.717) is 54.3 Å². The smallest absolute Gasteiger partial charge is 0.258 e. The summed E-state index contributed by atoms with van der Waals surface area (Å²) < 4.78 is 41.5. The molecule has 0 atom stereocenters. The van der Waals surface area contributed by atoms with Gasteiger partial charge < -0.3 is 10.2 Å². The van der Waals surface area contributed by atoms with Crippen LogP contribution in [0.2, 0.25) is 0 Å². The molecule has 4 rings (SSSR count). The van der Waals surface area contributed by atoms with Gasteiger partial charge in [0.05, 0.1) is 27.4 Å². The van der Waals surface area contributed by atoms with Crippen molar-refractivity contribution >= 4 is 32.7 Å². The number of nitrogens with zero attached hydrogens (tertiary/aromatic N) is 4. The molecule has 33 heavy (non-hydrogen) atoms. The third-order valence-corrected chi connectivity index (χ3v) is 7.83. The number of amides is 1. The number of fused-ring (bicyclic) bond motifs is 1. The number of nitrogens with one attached hydrogen (secondary N) is 1. The molecule has 1 aliphatic heterocycles. The number of hydrogen-bond acceptors (Lipinski definition) is 6. The van der Waals surface area contributed by atoms with Gasteiger partial charge in [0.2, 0.25) is 10.0 Å². The number of carbonyl (C=O) groups excluding carboxylic acids is 1. The van der Waals surface area contributed by atoms with E-state index in [1.165, 1.54) is 34.6 Å². The van der Waals surface area contributed by atoms with Gasteiger partial charge >= 0.3 is 0 Å². The Morgan fingerprint density at radius 1 is 1.03 bits per heavy atom. The van der Waals surface area contributed by atoms with Crippen molar-refractivity contribution in [1.82, 2.24) is 19.2 Å². The van der Waals surface area contributed by atoms with Crippen molar-refractivity contribution in [1.29, 1.82) is 0 Å². The van der Waals surface area contributed by atoms with Gasteiger partial charge in [0.15, 0.2) is 0 Å². The molecule has 10 heteroatoms. The third kappa shape index (κ3) is 4.73. The van der Waals surface area contributed by atoms with Crippen LogP contribution in [0.1, 0.15) is 28.7 Å². The van der Waals surface area contributed by atoms with E-state index in [4.69, 9.17) is 0 Å². The molecule has 174 valence electrons. The summed E-state index contributed by atoms with van der Waals surface area (Å²) in [5.41, 5.74) is 2.37. The van der Waals surface area contributed by atoms with Crippen LogP contribution in [0.5, 0.6) is 0 Å². The second-order valence-corrected chi connectivity index (χ2v) is 9.97. The molecule has 1 aliphatic rings. The monoisotopic (exact) mass is 471 g/mol. The fraction of sp³-hybridized carbons (Fsp3) is 0.348. The van der Waals surface area contributed by atoms with Crippen LogP contribution in [-0.4, -0.2) is 66.2 Å². The standard InChI is InChI=1S/C23H26FN5O3S/c1-4-28-9-11-29(12-10-28)33(31,32)19-7-5-18(6-8-19)27-23(30)20-13-17(24)14-21-22(20)26-16(3)15(2)25-21/h5-8,13-14H,4,9-12H2,1-3H3,(H,27,30).